The van der Waals surface area contributed by atoms with Crippen LogP contribution in [0, 0.1) is 0 Å². The summed E-state index contributed by atoms with van der Waals surface area (Å²) < 4.78 is 0.924. The van der Waals surface area contributed by atoms with Gasteiger partial charge >= 0.3 is 0 Å². The Kier molecular flexibility index (Phi) is 11.2. The van der Waals surface area contributed by atoms with E-state index in [0.717, 1.165) is 21.2 Å². The summed E-state index contributed by atoms with van der Waals surface area (Å²) >= 11 is 17.2. The second-order valence-corrected chi connectivity index (χ2v) is 11.5. The Morgan fingerprint density at radius 1 is 0.917 bits per heavy atom. The number of nitrogens with one attached hydrogen (secondary N) is 1. The Morgan fingerprint density at radius 2 is 1.64 bits per heavy atom. The van der Waals surface area contributed by atoms with Gasteiger partial charge in [-0.05, 0) is 54.8 Å². The fraction of sp³-hybridized carbons (Fsp3) is 0.286. The molecular formula is C28H29BrCl2N2O2S. The van der Waals surface area contributed by atoms with Gasteiger partial charge in [-0.25, -0.2) is 0 Å². The van der Waals surface area contributed by atoms with Gasteiger partial charge in [0.1, 0.15) is 6.04 Å². The average Bonchev–Trinajstić information content (AvgIpc) is 2.83. The van der Waals surface area contributed by atoms with Gasteiger partial charge in [0.25, 0.3) is 0 Å². The molecule has 1 N–H and O–H groups in total. The first-order valence-corrected chi connectivity index (χ1v) is 14.3. The Hall–Kier alpha value is -1.99. The highest BCUT2D eigenvalue weighted by Gasteiger charge is 2.30. The average molecular weight is 608 g/mol. The standard InChI is InChI=1S/C28H29BrCl2N2O2S/c1-19(2)32-28(35)26(15-20-7-4-3-5-8-20)33(16-21-9-6-10-23(29)13-21)27(34)18-36-17-22-11-12-24(30)25(31)14-22/h3-14,19,26H,15-18H2,1-2H3,(H,32,35). The summed E-state index contributed by atoms with van der Waals surface area (Å²) in [6.07, 6.45) is 0.427. The Morgan fingerprint density at radius 3 is 2.31 bits per heavy atom. The zero-order valence-corrected chi connectivity index (χ0v) is 24.1. The van der Waals surface area contributed by atoms with E-state index >= 15 is 0 Å². The van der Waals surface area contributed by atoms with Crippen LogP contribution in [0.1, 0.15) is 30.5 Å². The number of thioether (sulfide) groups is 1. The van der Waals surface area contributed by atoms with E-state index in [1.54, 1.807) is 11.0 Å². The van der Waals surface area contributed by atoms with Crippen LogP contribution in [-0.2, 0) is 28.3 Å². The van der Waals surface area contributed by atoms with Crippen LogP contribution in [0.5, 0.6) is 0 Å². The van der Waals surface area contributed by atoms with E-state index in [0.29, 0.717) is 28.8 Å². The van der Waals surface area contributed by atoms with Crippen molar-refractivity contribution < 1.29 is 9.59 Å². The number of carbonyl (C=O) groups is 2. The van der Waals surface area contributed by atoms with Crippen molar-refractivity contribution in [1.82, 2.24) is 10.2 Å². The summed E-state index contributed by atoms with van der Waals surface area (Å²) in [7, 11) is 0. The van der Waals surface area contributed by atoms with E-state index in [4.69, 9.17) is 23.2 Å². The molecule has 0 spiro atoms. The van der Waals surface area contributed by atoms with Gasteiger partial charge in [0, 0.05) is 29.2 Å². The summed E-state index contributed by atoms with van der Waals surface area (Å²) in [4.78, 5) is 28.7. The molecule has 0 saturated heterocycles. The Bertz CT molecular complexity index is 1180. The molecule has 0 radical (unpaired) electrons. The number of carbonyl (C=O) groups excluding carboxylic acids is 2. The van der Waals surface area contributed by atoms with Crippen molar-refractivity contribution >= 4 is 62.7 Å². The van der Waals surface area contributed by atoms with Gasteiger partial charge in [0.05, 0.1) is 15.8 Å². The van der Waals surface area contributed by atoms with Gasteiger partial charge in [-0.3, -0.25) is 9.59 Å². The highest BCUT2D eigenvalue weighted by Crippen LogP contribution is 2.25. The van der Waals surface area contributed by atoms with Crippen LogP contribution in [0.2, 0.25) is 10.0 Å². The van der Waals surface area contributed by atoms with Crippen LogP contribution in [-0.4, -0.2) is 34.6 Å². The Balaban J connectivity index is 1.84. The lowest BCUT2D eigenvalue weighted by molar-refractivity contribution is -0.139. The highest BCUT2D eigenvalue weighted by molar-refractivity contribution is 9.10. The quantitative estimate of drug-likeness (QED) is 0.252. The molecule has 190 valence electrons. The normalized spacial score (nSPS) is 11.8. The van der Waals surface area contributed by atoms with Crippen molar-refractivity contribution in [3.63, 3.8) is 0 Å². The summed E-state index contributed by atoms with van der Waals surface area (Å²) in [5.74, 6) is 0.579. The molecule has 3 aromatic rings. The van der Waals surface area contributed by atoms with Gasteiger partial charge < -0.3 is 10.2 Å². The molecule has 0 aliphatic carbocycles. The molecule has 36 heavy (non-hydrogen) atoms. The minimum Gasteiger partial charge on any atom is -0.352 e. The number of hydrogen-bond donors (Lipinski definition) is 1. The van der Waals surface area contributed by atoms with Gasteiger partial charge in [-0.2, -0.15) is 0 Å². The summed E-state index contributed by atoms with van der Waals surface area (Å²) in [5.41, 5.74) is 2.93. The minimum absolute atomic E-state index is 0.0392. The van der Waals surface area contributed by atoms with E-state index in [-0.39, 0.29) is 23.6 Å². The highest BCUT2D eigenvalue weighted by atomic mass is 79.9. The fourth-order valence-corrected chi connectivity index (χ4v) is 5.36. The van der Waals surface area contributed by atoms with Gasteiger partial charge in [0.15, 0.2) is 0 Å². The van der Waals surface area contributed by atoms with Crippen molar-refractivity contribution in [3.8, 4) is 0 Å². The number of benzene rings is 3. The summed E-state index contributed by atoms with van der Waals surface area (Å²) in [6.45, 7) is 4.17. The van der Waals surface area contributed by atoms with Crippen LogP contribution in [0.4, 0.5) is 0 Å². The van der Waals surface area contributed by atoms with E-state index in [2.05, 4.69) is 21.2 Å². The van der Waals surface area contributed by atoms with Crippen molar-refractivity contribution in [1.29, 1.82) is 0 Å². The van der Waals surface area contributed by atoms with E-state index in [1.807, 2.05) is 80.6 Å². The fourth-order valence-electron chi connectivity index (χ4n) is 3.74. The van der Waals surface area contributed by atoms with E-state index in [9.17, 15) is 9.59 Å². The second kappa shape index (κ2) is 14.1. The van der Waals surface area contributed by atoms with Crippen LogP contribution in [0.25, 0.3) is 0 Å². The van der Waals surface area contributed by atoms with Crippen LogP contribution >= 0.6 is 50.9 Å². The number of hydrogen-bond acceptors (Lipinski definition) is 3. The van der Waals surface area contributed by atoms with Crippen LogP contribution < -0.4 is 5.32 Å². The molecule has 2 amide bonds. The molecule has 8 heteroatoms. The third kappa shape index (κ3) is 8.84. The van der Waals surface area contributed by atoms with Crippen molar-refractivity contribution in [2.45, 2.75) is 44.6 Å². The maximum atomic E-state index is 13.6. The monoisotopic (exact) mass is 606 g/mol. The Labute approximate surface area is 235 Å². The van der Waals surface area contributed by atoms with Crippen LogP contribution in [0.15, 0.2) is 77.3 Å². The van der Waals surface area contributed by atoms with Gasteiger partial charge in [-0.15, -0.1) is 11.8 Å². The zero-order valence-electron chi connectivity index (χ0n) is 20.2. The molecule has 0 bridgehead atoms. The minimum atomic E-state index is -0.646. The SMILES string of the molecule is CC(C)NC(=O)C(Cc1ccccc1)N(Cc1cccc(Br)c1)C(=O)CSCc1ccc(Cl)c(Cl)c1. The second-order valence-electron chi connectivity index (χ2n) is 8.76. The van der Waals surface area contributed by atoms with Gasteiger partial charge in [-0.1, -0.05) is 87.7 Å². The predicted octanol–water partition coefficient (Wildman–Crippen LogP) is 7.15. The molecule has 0 aromatic heterocycles. The number of halogens is 3. The molecular weight excluding hydrogens is 579 g/mol. The van der Waals surface area contributed by atoms with E-state index in [1.165, 1.54) is 11.8 Å². The molecule has 4 nitrogen and oxygen atoms in total. The van der Waals surface area contributed by atoms with Crippen molar-refractivity contribution in [3.05, 3.63) is 104 Å². The third-order valence-electron chi connectivity index (χ3n) is 5.42. The predicted molar refractivity (Wildman–Crippen MR) is 155 cm³/mol. The molecule has 3 aromatic carbocycles. The van der Waals surface area contributed by atoms with Crippen LogP contribution in [0.3, 0.4) is 0 Å². The number of amides is 2. The first-order valence-electron chi connectivity index (χ1n) is 11.6. The lowest BCUT2D eigenvalue weighted by Gasteiger charge is -2.32. The molecule has 3 rings (SSSR count). The molecule has 0 fully saturated rings. The third-order valence-corrected chi connectivity index (χ3v) is 7.64. The topological polar surface area (TPSA) is 49.4 Å². The lowest BCUT2D eigenvalue weighted by atomic mass is 10.0. The maximum Gasteiger partial charge on any atom is 0.243 e. The summed E-state index contributed by atoms with van der Waals surface area (Å²) in [6, 6.07) is 22.4. The number of rotatable bonds is 11. The van der Waals surface area contributed by atoms with E-state index < -0.39 is 6.04 Å². The molecule has 1 atom stereocenters. The zero-order chi connectivity index (χ0) is 26.1. The largest absolute Gasteiger partial charge is 0.352 e. The molecule has 0 aliphatic rings. The van der Waals surface area contributed by atoms with Crippen molar-refractivity contribution in [2.75, 3.05) is 5.75 Å². The lowest BCUT2D eigenvalue weighted by Crippen LogP contribution is -2.52. The van der Waals surface area contributed by atoms with Gasteiger partial charge in [0.2, 0.25) is 11.8 Å². The molecule has 0 heterocycles. The molecule has 1 unspecified atom stereocenters. The molecule has 0 saturated carbocycles. The first-order chi connectivity index (χ1) is 17.2. The number of nitrogens with zero attached hydrogens (tertiary/aromatic N) is 1. The maximum absolute atomic E-state index is 13.6. The molecule has 0 aliphatic heterocycles. The first kappa shape index (κ1) is 28.6. The summed E-state index contributed by atoms with van der Waals surface area (Å²) in [5, 5.41) is 4.01. The van der Waals surface area contributed by atoms with Crippen molar-refractivity contribution in [2.24, 2.45) is 0 Å². The smallest absolute Gasteiger partial charge is 0.243 e.